The first-order valence-electron chi connectivity index (χ1n) is 7.01. The van der Waals surface area contributed by atoms with Crippen molar-refractivity contribution >= 4 is 5.57 Å². The second kappa shape index (κ2) is 5.89. The van der Waals surface area contributed by atoms with Crippen molar-refractivity contribution in [1.29, 1.82) is 5.26 Å². The third-order valence-corrected chi connectivity index (χ3v) is 3.70. The fourth-order valence-electron chi connectivity index (χ4n) is 2.97. The van der Waals surface area contributed by atoms with Gasteiger partial charge >= 0.3 is 0 Å². The molecule has 0 aliphatic heterocycles. The smallest absolute Gasteiger partial charge is 0.0915 e. The monoisotopic (exact) mass is 251 g/mol. The second-order valence-electron chi connectivity index (χ2n) is 5.63. The van der Waals surface area contributed by atoms with Crippen LogP contribution in [0.15, 0.2) is 30.9 Å². The molecule has 0 bridgehead atoms. The summed E-state index contributed by atoms with van der Waals surface area (Å²) >= 11 is 0. The van der Waals surface area contributed by atoms with E-state index in [2.05, 4.69) is 38.6 Å². The molecule has 1 aromatic rings. The Labute approximate surface area is 116 Å². The van der Waals surface area contributed by atoms with Gasteiger partial charge in [-0.05, 0) is 59.4 Å². The molecule has 1 heteroatoms. The zero-order valence-electron chi connectivity index (χ0n) is 11.9. The molecule has 1 nitrogen and oxygen atoms in total. The Morgan fingerprint density at radius 3 is 2.79 bits per heavy atom. The number of fused-ring (bicyclic) bond motifs is 1. The molecule has 0 saturated carbocycles. The van der Waals surface area contributed by atoms with Gasteiger partial charge in [0, 0.05) is 6.08 Å². The first-order valence-corrected chi connectivity index (χ1v) is 7.01. The number of aryl methyl sites for hydroxylation is 1. The minimum atomic E-state index is 0.645. The third-order valence-electron chi connectivity index (χ3n) is 3.70. The maximum absolute atomic E-state index is 8.94. The molecule has 0 N–H and O–H groups in total. The van der Waals surface area contributed by atoms with Crippen LogP contribution in [0.3, 0.4) is 0 Å². The minimum absolute atomic E-state index is 0.645. The fourth-order valence-corrected chi connectivity index (χ4v) is 2.97. The van der Waals surface area contributed by atoms with Crippen LogP contribution < -0.4 is 0 Å². The molecule has 0 fully saturated rings. The molecule has 2 rings (SSSR count). The van der Waals surface area contributed by atoms with E-state index in [4.69, 9.17) is 5.26 Å². The average Bonchev–Trinajstić information content (AvgIpc) is 2.76. The van der Waals surface area contributed by atoms with Crippen molar-refractivity contribution in [3.05, 3.63) is 53.1 Å². The maximum Gasteiger partial charge on any atom is 0.0915 e. The van der Waals surface area contributed by atoms with Crippen LogP contribution in [0, 0.1) is 17.2 Å². The lowest BCUT2D eigenvalue weighted by molar-refractivity contribution is 0.643. The van der Waals surface area contributed by atoms with E-state index in [1.807, 2.05) is 6.08 Å². The fraction of sp³-hybridized carbons (Fsp3) is 0.389. The number of hydrogen-bond donors (Lipinski definition) is 0. The largest absolute Gasteiger partial charge is 0.193 e. The van der Waals surface area contributed by atoms with Crippen molar-refractivity contribution < 1.29 is 0 Å². The lowest BCUT2D eigenvalue weighted by Crippen LogP contribution is -2.03. The number of rotatable bonds is 4. The van der Waals surface area contributed by atoms with Crippen molar-refractivity contribution in [2.24, 2.45) is 5.92 Å². The van der Waals surface area contributed by atoms with Gasteiger partial charge in [-0.2, -0.15) is 5.26 Å². The Hall–Kier alpha value is -1.81. The van der Waals surface area contributed by atoms with E-state index in [9.17, 15) is 0 Å². The summed E-state index contributed by atoms with van der Waals surface area (Å²) < 4.78 is 0. The Bertz CT molecular complexity index is 556. The Morgan fingerprint density at radius 1 is 1.37 bits per heavy atom. The molecule has 1 aromatic carbocycles. The van der Waals surface area contributed by atoms with Crippen LogP contribution >= 0.6 is 0 Å². The van der Waals surface area contributed by atoms with Gasteiger partial charge in [-0.3, -0.25) is 0 Å². The quantitative estimate of drug-likeness (QED) is 0.572. The summed E-state index contributed by atoms with van der Waals surface area (Å²) in [7, 11) is 0. The summed E-state index contributed by atoms with van der Waals surface area (Å²) in [6.07, 6.45) is 7.75. The molecule has 0 radical (unpaired) electrons. The van der Waals surface area contributed by atoms with E-state index >= 15 is 0 Å². The second-order valence-corrected chi connectivity index (χ2v) is 5.63. The van der Waals surface area contributed by atoms with E-state index in [0.29, 0.717) is 5.92 Å². The van der Waals surface area contributed by atoms with E-state index in [1.165, 1.54) is 27.8 Å². The molecule has 0 amide bonds. The maximum atomic E-state index is 8.94. The van der Waals surface area contributed by atoms with Gasteiger partial charge in [0.05, 0.1) is 6.07 Å². The summed E-state index contributed by atoms with van der Waals surface area (Å²) in [5.41, 5.74) is 6.74. The molecule has 19 heavy (non-hydrogen) atoms. The summed E-state index contributed by atoms with van der Waals surface area (Å²) in [4.78, 5) is 0. The number of nitrogens with zero attached hydrogens (tertiary/aromatic N) is 1. The Morgan fingerprint density at radius 2 is 2.16 bits per heavy atom. The van der Waals surface area contributed by atoms with E-state index in [1.54, 1.807) is 6.08 Å². The zero-order chi connectivity index (χ0) is 13.8. The number of nitriles is 1. The van der Waals surface area contributed by atoms with Crippen LogP contribution in [-0.2, 0) is 19.3 Å². The third kappa shape index (κ3) is 2.79. The van der Waals surface area contributed by atoms with Crippen LogP contribution in [0.4, 0.5) is 0 Å². The highest BCUT2D eigenvalue weighted by Crippen LogP contribution is 2.37. The average molecular weight is 251 g/mol. The van der Waals surface area contributed by atoms with Gasteiger partial charge in [0.2, 0.25) is 0 Å². The molecule has 0 unspecified atom stereocenters. The van der Waals surface area contributed by atoms with Crippen LogP contribution in [0.5, 0.6) is 0 Å². The molecule has 0 saturated heterocycles. The normalized spacial score (nSPS) is 15.6. The molecule has 98 valence electrons. The predicted molar refractivity (Wildman–Crippen MR) is 80.8 cm³/mol. The van der Waals surface area contributed by atoms with Crippen molar-refractivity contribution in [3.8, 4) is 6.07 Å². The molecule has 1 aliphatic rings. The summed E-state index contributed by atoms with van der Waals surface area (Å²) in [6.45, 7) is 8.38. The summed E-state index contributed by atoms with van der Waals surface area (Å²) in [6, 6.07) is 6.71. The summed E-state index contributed by atoms with van der Waals surface area (Å²) in [5.74, 6) is 0.645. The van der Waals surface area contributed by atoms with Crippen LogP contribution in [0.1, 0.15) is 42.5 Å². The van der Waals surface area contributed by atoms with Gasteiger partial charge in [0.25, 0.3) is 0 Å². The molecular formula is C18H21N. The van der Waals surface area contributed by atoms with Crippen LogP contribution in [-0.4, -0.2) is 0 Å². The number of hydrogen-bond acceptors (Lipinski definition) is 1. The standard InChI is InChI=1S/C18H21N/c1-4-5-17-16(12-13(2)3)9-8-14-6-7-15(10-11-19)18(14)17/h4,8-10,13H,1,5-7,12H2,2-3H3. The van der Waals surface area contributed by atoms with Gasteiger partial charge in [0.1, 0.15) is 0 Å². The van der Waals surface area contributed by atoms with Crippen molar-refractivity contribution in [1.82, 2.24) is 0 Å². The van der Waals surface area contributed by atoms with E-state index < -0.39 is 0 Å². The number of benzene rings is 1. The van der Waals surface area contributed by atoms with Crippen molar-refractivity contribution in [2.75, 3.05) is 0 Å². The minimum Gasteiger partial charge on any atom is -0.193 e. The van der Waals surface area contributed by atoms with Gasteiger partial charge in [-0.1, -0.05) is 32.1 Å². The topological polar surface area (TPSA) is 23.8 Å². The summed E-state index contributed by atoms with van der Waals surface area (Å²) in [5, 5.41) is 8.94. The lowest BCUT2D eigenvalue weighted by atomic mass is 9.89. The molecule has 0 aromatic heterocycles. The molecule has 0 atom stereocenters. The van der Waals surface area contributed by atoms with Gasteiger partial charge in [0.15, 0.2) is 0 Å². The highest BCUT2D eigenvalue weighted by Gasteiger charge is 2.21. The zero-order valence-corrected chi connectivity index (χ0v) is 11.9. The van der Waals surface area contributed by atoms with Crippen LogP contribution in [0.25, 0.3) is 5.57 Å². The molecule has 1 aliphatic carbocycles. The highest BCUT2D eigenvalue weighted by molar-refractivity contribution is 5.77. The highest BCUT2D eigenvalue weighted by atomic mass is 14.3. The van der Waals surface area contributed by atoms with Gasteiger partial charge in [-0.15, -0.1) is 6.58 Å². The lowest BCUT2D eigenvalue weighted by Gasteiger charge is -2.16. The van der Waals surface area contributed by atoms with Crippen molar-refractivity contribution in [3.63, 3.8) is 0 Å². The van der Waals surface area contributed by atoms with Crippen molar-refractivity contribution in [2.45, 2.75) is 39.5 Å². The van der Waals surface area contributed by atoms with E-state index in [0.717, 1.165) is 25.7 Å². The number of allylic oxidation sites excluding steroid dienone is 3. The first-order chi connectivity index (χ1) is 9.17. The first kappa shape index (κ1) is 13.6. The van der Waals surface area contributed by atoms with Gasteiger partial charge in [-0.25, -0.2) is 0 Å². The SMILES string of the molecule is C=CCc1c(CC(C)C)ccc2c1C(=CC#N)CC2. The molecule has 0 heterocycles. The molecular weight excluding hydrogens is 230 g/mol. The Kier molecular flexibility index (Phi) is 4.22. The van der Waals surface area contributed by atoms with Gasteiger partial charge < -0.3 is 0 Å². The van der Waals surface area contributed by atoms with Crippen LogP contribution in [0.2, 0.25) is 0 Å². The molecule has 0 spiro atoms. The Balaban J connectivity index is 2.56. The van der Waals surface area contributed by atoms with E-state index in [-0.39, 0.29) is 0 Å². The predicted octanol–water partition coefficient (Wildman–Crippen LogP) is 4.47.